The molecule has 16 heavy (non-hydrogen) atoms. The van der Waals surface area contributed by atoms with Crippen molar-refractivity contribution in [1.82, 2.24) is 9.88 Å². The van der Waals surface area contributed by atoms with Crippen LogP contribution in [0.5, 0.6) is 0 Å². The molecule has 0 aliphatic heterocycles. The fourth-order valence-corrected chi connectivity index (χ4v) is 1.74. The van der Waals surface area contributed by atoms with Crippen LogP contribution >= 0.6 is 15.9 Å². The van der Waals surface area contributed by atoms with E-state index >= 15 is 0 Å². The van der Waals surface area contributed by atoms with Gasteiger partial charge in [0.2, 0.25) is 0 Å². The molecule has 0 fully saturated rings. The largest absolute Gasteiger partial charge is 0.336 e. The van der Waals surface area contributed by atoms with Gasteiger partial charge in [-0.3, -0.25) is 9.78 Å². The monoisotopic (exact) mass is 284 g/mol. The minimum absolute atomic E-state index is 0.0818. The number of carbonyl (C=O) groups excluding carboxylic acids is 1. The zero-order valence-corrected chi connectivity index (χ0v) is 11.3. The molecule has 1 heterocycles. The lowest BCUT2D eigenvalue weighted by molar-refractivity contribution is 0.0706. The van der Waals surface area contributed by atoms with Crippen LogP contribution < -0.4 is 0 Å². The highest BCUT2D eigenvalue weighted by atomic mass is 79.9. The average Bonchev–Trinajstić information content (AvgIpc) is 2.30. The molecule has 1 aromatic rings. The fourth-order valence-electron chi connectivity index (χ4n) is 1.48. The third-order valence-electron chi connectivity index (χ3n) is 2.34. The molecule has 0 bridgehead atoms. The maximum absolute atomic E-state index is 12.2. The normalized spacial score (nSPS) is 10.5. The number of alkyl halides is 1. The van der Waals surface area contributed by atoms with Gasteiger partial charge < -0.3 is 4.90 Å². The van der Waals surface area contributed by atoms with E-state index in [2.05, 4.69) is 20.9 Å². The minimum atomic E-state index is 0.0818. The Morgan fingerprint density at radius 1 is 1.44 bits per heavy atom. The van der Waals surface area contributed by atoms with E-state index in [1.807, 2.05) is 18.7 Å². The SMILES string of the molecule is CC(C)N(CCCBr)C(=O)c1ccncc1. The molecule has 4 heteroatoms. The van der Waals surface area contributed by atoms with Gasteiger partial charge in [-0.15, -0.1) is 0 Å². The molecule has 0 aromatic carbocycles. The van der Waals surface area contributed by atoms with Crippen molar-refractivity contribution in [3.63, 3.8) is 0 Å². The first-order chi connectivity index (χ1) is 7.66. The summed E-state index contributed by atoms with van der Waals surface area (Å²) in [4.78, 5) is 18.0. The van der Waals surface area contributed by atoms with Crippen LogP contribution in [0.15, 0.2) is 24.5 Å². The van der Waals surface area contributed by atoms with Crippen molar-refractivity contribution in [3.8, 4) is 0 Å². The van der Waals surface area contributed by atoms with Crippen molar-refractivity contribution >= 4 is 21.8 Å². The Bertz CT molecular complexity index is 327. The minimum Gasteiger partial charge on any atom is -0.336 e. The number of pyridine rings is 1. The van der Waals surface area contributed by atoms with E-state index in [-0.39, 0.29) is 11.9 Å². The van der Waals surface area contributed by atoms with Crippen molar-refractivity contribution in [1.29, 1.82) is 0 Å². The second kappa shape index (κ2) is 6.63. The number of halogens is 1. The molecule has 1 aromatic heterocycles. The van der Waals surface area contributed by atoms with Gasteiger partial charge in [-0.2, -0.15) is 0 Å². The summed E-state index contributed by atoms with van der Waals surface area (Å²) in [6.45, 7) is 4.85. The second-order valence-corrected chi connectivity index (χ2v) is 4.66. The summed E-state index contributed by atoms with van der Waals surface area (Å²) in [7, 11) is 0. The van der Waals surface area contributed by atoms with Crippen LogP contribution in [0.4, 0.5) is 0 Å². The second-order valence-electron chi connectivity index (χ2n) is 3.87. The fraction of sp³-hybridized carbons (Fsp3) is 0.500. The Morgan fingerprint density at radius 3 is 2.56 bits per heavy atom. The summed E-state index contributed by atoms with van der Waals surface area (Å²) < 4.78 is 0. The van der Waals surface area contributed by atoms with Gasteiger partial charge in [-0.1, -0.05) is 15.9 Å². The summed E-state index contributed by atoms with van der Waals surface area (Å²) in [5.74, 6) is 0.0818. The molecule has 0 saturated heterocycles. The molecule has 0 spiro atoms. The van der Waals surface area contributed by atoms with Gasteiger partial charge in [0.05, 0.1) is 0 Å². The molecule has 0 saturated carbocycles. The smallest absolute Gasteiger partial charge is 0.254 e. The Balaban J connectivity index is 2.75. The lowest BCUT2D eigenvalue weighted by atomic mass is 10.2. The maximum Gasteiger partial charge on any atom is 0.254 e. The number of hydrogen-bond acceptors (Lipinski definition) is 2. The van der Waals surface area contributed by atoms with Gasteiger partial charge >= 0.3 is 0 Å². The highest BCUT2D eigenvalue weighted by Crippen LogP contribution is 2.08. The molecule has 0 aliphatic carbocycles. The third-order valence-corrected chi connectivity index (χ3v) is 2.90. The third kappa shape index (κ3) is 3.59. The summed E-state index contributed by atoms with van der Waals surface area (Å²) in [5.41, 5.74) is 0.707. The molecule has 0 aliphatic rings. The van der Waals surface area contributed by atoms with Crippen LogP contribution in [0.1, 0.15) is 30.6 Å². The number of carbonyl (C=O) groups is 1. The zero-order chi connectivity index (χ0) is 12.0. The molecule has 1 rings (SSSR count). The van der Waals surface area contributed by atoms with Gasteiger partial charge in [-0.05, 0) is 32.4 Å². The Morgan fingerprint density at radius 2 is 2.06 bits per heavy atom. The van der Waals surface area contributed by atoms with Crippen LogP contribution in [0, 0.1) is 0 Å². The Labute approximate surface area is 105 Å². The van der Waals surface area contributed by atoms with Gasteiger partial charge in [0.15, 0.2) is 0 Å². The predicted molar refractivity (Wildman–Crippen MR) is 68.8 cm³/mol. The standard InChI is InChI=1S/C12H17BrN2O/c1-10(2)15(9-3-6-13)12(16)11-4-7-14-8-5-11/h4-5,7-8,10H,3,6,9H2,1-2H3. The van der Waals surface area contributed by atoms with E-state index in [9.17, 15) is 4.79 Å². The summed E-state index contributed by atoms with van der Waals surface area (Å²) in [5, 5.41) is 0.917. The molecular weight excluding hydrogens is 268 g/mol. The van der Waals surface area contributed by atoms with Crippen LogP contribution in [0.3, 0.4) is 0 Å². The Kier molecular flexibility index (Phi) is 5.46. The van der Waals surface area contributed by atoms with Crippen LogP contribution in [-0.2, 0) is 0 Å². The Hall–Kier alpha value is -0.900. The highest BCUT2D eigenvalue weighted by Gasteiger charge is 2.17. The number of nitrogens with zero attached hydrogens (tertiary/aromatic N) is 2. The van der Waals surface area contributed by atoms with E-state index in [1.165, 1.54) is 0 Å². The number of hydrogen-bond donors (Lipinski definition) is 0. The van der Waals surface area contributed by atoms with Gasteiger partial charge in [0, 0.05) is 35.9 Å². The molecule has 0 radical (unpaired) electrons. The van der Waals surface area contributed by atoms with Crippen molar-refractivity contribution in [2.45, 2.75) is 26.3 Å². The molecule has 3 nitrogen and oxygen atoms in total. The number of rotatable bonds is 5. The zero-order valence-electron chi connectivity index (χ0n) is 9.69. The lowest BCUT2D eigenvalue weighted by Crippen LogP contribution is -2.37. The summed E-state index contributed by atoms with van der Waals surface area (Å²) >= 11 is 3.38. The van der Waals surface area contributed by atoms with Gasteiger partial charge in [0.25, 0.3) is 5.91 Å². The van der Waals surface area contributed by atoms with Crippen molar-refractivity contribution in [2.75, 3.05) is 11.9 Å². The van der Waals surface area contributed by atoms with Crippen LogP contribution in [0.2, 0.25) is 0 Å². The first-order valence-corrected chi connectivity index (χ1v) is 6.56. The quantitative estimate of drug-likeness (QED) is 0.779. The van der Waals surface area contributed by atoms with Crippen LogP contribution in [0.25, 0.3) is 0 Å². The number of aromatic nitrogens is 1. The molecule has 88 valence electrons. The lowest BCUT2D eigenvalue weighted by Gasteiger charge is -2.26. The van der Waals surface area contributed by atoms with Crippen LogP contribution in [-0.4, -0.2) is 33.7 Å². The van der Waals surface area contributed by atoms with E-state index < -0.39 is 0 Å². The maximum atomic E-state index is 12.2. The molecular formula is C12H17BrN2O. The van der Waals surface area contributed by atoms with E-state index in [0.29, 0.717) is 5.56 Å². The van der Waals surface area contributed by atoms with E-state index in [0.717, 1.165) is 18.3 Å². The first-order valence-electron chi connectivity index (χ1n) is 5.43. The van der Waals surface area contributed by atoms with Gasteiger partial charge in [0.1, 0.15) is 0 Å². The summed E-state index contributed by atoms with van der Waals surface area (Å²) in [6.07, 6.45) is 4.27. The van der Waals surface area contributed by atoms with Gasteiger partial charge in [-0.25, -0.2) is 0 Å². The highest BCUT2D eigenvalue weighted by molar-refractivity contribution is 9.09. The molecule has 1 amide bonds. The number of amides is 1. The van der Waals surface area contributed by atoms with E-state index in [1.54, 1.807) is 24.5 Å². The van der Waals surface area contributed by atoms with Crippen molar-refractivity contribution in [2.24, 2.45) is 0 Å². The molecule has 0 N–H and O–H groups in total. The van der Waals surface area contributed by atoms with E-state index in [4.69, 9.17) is 0 Å². The predicted octanol–water partition coefficient (Wildman–Crippen LogP) is 2.72. The topological polar surface area (TPSA) is 33.2 Å². The molecule has 0 unspecified atom stereocenters. The average molecular weight is 285 g/mol. The van der Waals surface area contributed by atoms with Crippen molar-refractivity contribution < 1.29 is 4.79 Å². The summed E-state index contributed by atoms with van der Waals surface area (Å²) in [6, 6.07) is 3.73. The molecule has 0 atom stereocenters. The first kappa shape index (κ1) is 13.2. The van der Waals surface area contributed by atoms with Crippen molar-refractivity contribution in [3.05, 3.63) is 30.1 Å².